The third kappa shape index (κ3) is 4.14. The Bertz CT molecular complexity index is 310. The predicted molar refractivity (Wildman–Crippen MR) is 73.2 cm³/mol. The summed E-state index contributed by atoms with van der Waals surface area (Å²) in [5.41, 5.74) is 1.46. The van der Waals surface area contributed by atoms with Crippen LogP contribution in [0.3, 0.4) is 0 Å². The van der Waals surface area contributed by atoms with Gasteiger partial charge in [0.1, 0.15) is 0 Å². The number of nitrogens with one attached hydrogen (secondary N) is 1. The Morgan fingerprint density at radius 1 is 1.29 bits per heavy atom. The summed E-state index contributed by atoms with van der Waals surface area (Å²) in [7, 11) is 0. The van der Waals surface area contributed by atoms with E-state index in [0.29, 0.717) is 0 Å². The molecule has 0 radical (unpaired) electrons. The van der Waals surface area contributed by atoms with Crippen molar-refractivity contribution in [1.82, 2.24) is 10.2 Å². The molecule has 0 bridgehead atoms. The largest absolute Gasteiger partial charge is 0.317 e. The van der Waals surface area contributed by atoms with E-state index in [-0.39, 0.29) is 0 Å². The average Bonchev–Trinajstić information content (AvgIpc) is 2.83. The summed E-state index contributed by atoms with van der Waals surface area (Å²) in [6.07, 6.45) is 2.55. The highest BCUT2D eigenvalue weighted by atomic mass is 15.1. The molecule has 2 nitrogen and oxygen atoms in total. The molecule has 1 aliphatic rings. The monoisotopic (exact) mass is 232 g/mol. The van der Waals surface area contributed by atoms with Gasteiger partial charge in [0.2, 0.25) is 0 Å². The molecule has 17 heavy (non-hydrogen) atoms. The molecule has 1 unspecified atom stereocenters. The molecule has 1 saturated heterocycles. The summed E-state index contributed by atoms with van der Waals surface area (Å²) in [4.78, 5) is 2.61. The summed E-state index contributed by atoms with van der Waals surface area (Å²) < 4.78 is 0. The molecule has 0 amide bonds. The van der Waals surface area contributed by atoms with Gasteiger partial charge in [-0.3, -0.25) is 0 Å². The van der Waals surface area contributed by atoms with Crippen molar-refractivity contribution in [3.05, 3.63) is 35.9 Å². The zero-order valence-electron chi connectivity index (χ0n) is 10.9. The van der Waals surface area contributed by atoms with E-state index in [1.54, 1.807) is 0 Å². The highest BCUT2D eigenvalue weighted by molar-refractivity contribution is 5.14. The summed E-state index contributed by atoms with van der Waals surface area (Å²) in [5, 5.41) is 3.46. The van der Waals surface area contributed by atoms with Gasteiger partial charge in [0.15, 0.2) is 0 Å². The molecule has 0 saturated carbocycles. The molecule has 1 aromatic rings. The Hall–Kier alpha value is -0.860. The molecular weight excluding hydrogens is 208 g/mol. The topological polar surface area (TPSA) is 15.3 Å². The molecule has 1 aromatic carbocycles. The van der Waals surface area contributed by atoms with Crippen molar-refractivity contribution in [1.29, 1.82) is 0 Å². The van der Waals surface area contributed by atoms with Gasteiger partial charge in [0, 0.05) is 13.1 Å². The fraction of sp³-hybridized carbons (Fsp3) is 0.600. The number of likely N-dealkylation sites (tertiary alicyclic amines) is 1. The second-order valence-corrected chi connectivity index (χ2v) is 5.00. The van der Waals surface area contributed by atoms with Crippen molar-refractivity contribution in [3.8, 4) is 0 Å². The minimum atomic E-state index is 0.866. The fourth-order valence-electron chi connectivity index (χ4n) is 2.56. The molecule has 1 heterocycles. The first-order valence-electron chi connectivity index (χ1n) is 6.85. The highest BCUT2D eigenvalue weighted by Gasteiger charge is 2.21. The first-order valence-corrected chi connectivity index (χ1v) is 6.85. The van der Waals surface area contributed by atoms with Crippen LogP contribution in [0.1, 0.15) is 18.9 Å². The predicted octanol–water partition coefficient (Wildman–Crippen LogP) is 2.16. The summed E-state index contributed by atoms with van der Waals surface area (Å²) in [6, 6.07) is 10.8. The van der Waals surface area contributed by atoms with Gasteiger partial charge in [0.05, 0.1) is 0 Å². The lowest BCUT2D eigenvalue weighted by molar-refractivity contribution is 0.326. The third-order valence-electron chi connectivity index (χ3n) is 3.61. The van der Waals surface area contributed by atoms with E-state index >= 15 is 0 Å². The Balaban J connectivity index is 1.68. The highest BCUT2D eigenvalue weighted by Crippen LogP contribution is 2.15. The molecule has 2 heteroatoms. The maximum Gasteiger partial charge on any atom is 0.00224 e. The van der Waals surface area contributed by atoms with E-state index in [9.17, 15) is 0 Å². The maximum atomic E-state index is 3.46. The average molecular weight is 232 g/mol. The number of hydrogen-bond acceptors (Lipinski definition) is 2. The van der Waals surface area contributed by atoms with Crippen LogP contribution in [0, 0.1) is 5.92 Å². The van der Waals surface area contributed by atoms with Gasteiger partial charge in [0.25, 0.3) is 0 Å². The van der Waals surface area contributed by atoms with Gasteiger partial charge in [-0.1, -0.05) is 37.3 Å². The third-order valence-corrected chi connectivity index (χ3v) is 3.61. The molecule has 1 atom stereocenters. The Kier molecular flexibility index (Phi) is 5.02. The van der Waals surface area contributed by atoms with Crippen LogP contribution in [0.5, 0.6) is 0 Å². The molecule has 1 fully saturated rings. The standard InChI is InChI=1S/C15H24N2/c1-2-16-12-15-9-11-17(13-15)10-8-14-6-4-3-5-7-14/h3-7,15-16H,2,8-13H2,1H3. The summed E-state index contributed by atoms with van der Waals surface area (Å²) in [6.45, 7) is 8.25. The number of hydrogen-bond donors (Lipinski definition) is 1. The van der Waals surface area contributed by atoms with E-state index in [1.165, 1.54) is 44.6 Å². The molecule has 1 N–H and O–H groups in total. The molecule has 2 rings (SSSR count). The van der Waals surface area contributed by atoms with Crippen molar-refractivity contribution in [2.24, 2.45) is 5.92 Å². The number of rotatable bonds is 6. The normalized spacial score (nSPS) is 20.9. The fourth-order valence-corrected chi connectivity index (χ4v) is 2.56. The first kappa shape index (κ1) is 12.6. The maximum absolute atomic E-state index is 3.46. The lowest BCUT2D eigenvalue weighted by Crippen LogP contribution is -2.27. The lowest BCUT2D eigenvalue weighted by Gasteiger charge is -2.16. The number of nitrogens with zero attached hydrogens (tertiary/aromatic N) is 1. The Morgan fingerprint density at radius 3 is 2.88 bits per heavy atom. The van der Waals surface area contributed by atoms with Crippen LogP contribution in [0.4, 0.5) is 0 Å². The van der Waals surface area contributed by atoms with Gasteiger partial charge >= 0.3 is 0 Å². The van der Waals surface area contributed by atoms with E-state index < -0.39 is 0 Å². The van der Waals surface area contributed by atoms with Gasteiger partial charge in [-0.25, -0.2) is 0 Å². The second-order valence-electron chi connectivity index (χ2n) is 5.00. The van der Waals surface area contributed by atoms with Crippen molar-refractivity contribution < 1.29 is 0 Å². The van der Waals surface area contributed by atoms with Crippen LogP contribution in [0.2, 0.25) is 0 Å². The van der Waals surface area contributed by atoms with Crippen molar-refractivity contribution in [2.75, 3.05) is 32.7 Å². The van der Waals surface area contributed by atoms with Crippen LogP contribution in [0.25, 0.3) is 0 Å². The molecule has 94 valence electrons. The second kappa shape index (κ2) is 6.77. The molecule has 0 spiro atoms. The minimum absolute atomic E-state index is 0.866. The molecule has 0 aromatic heterocycles. The van der Waals surface area contributed by atoms with Gasteiger partial charge in [-0.15, -0.1) is 0 Å². The summed E-state index contributed by atoms with van der Waals surface area (Å²) >= 11 is 0. The van der Waals surface area contributed by atoms with Crippen LogP contribution in [-0.2, 0) is 6.42 Å². The van der Waals surface area contributed by atoms with E-state index in [1.807, 2.05) is 0 Å². The molecule has 0 aliphatic carbocycles. The first-order chi connectivity index (χ1) is 8.38. The quantitative estimate of drug-likeness (QED) is 0.808. The van der Waals surface area contributed by atoms with Crippen LogP contribution < -0.4 is 5.32 Å². The van der Waals surface area contributed by atoms with Gasteiger partial charge < -0.3 is 10.2 Å². The number of benzene rings is 1. The smallest absolute Gasteiger partial charge is 0.00224 e. The van der Waals surface area contributed by atoms with Crippen molar-refractivity contribution in [3.63, 3.8) is 0 Å². The molecule has 1 aliphatic heterocycles. The van der Waals surface area contributed by atoms with Crippen LogP contribution >= 0.6 is 0 Å². The Morgan fingerprint density at radius 2 is 2.12 bits per heavy atom. The Labute approximate surface area is 105 Å². The van der Waals surface area contributed by atoms with Crippen molar-refractivity contribution >= 4 is 0 Å². The minimum Gasteiger partial charge on any atom is -0.317 e. The SMILES string of the molecule is CCNCC1CCN(CCc2ccccc2)C1. The van der Waals surface area contributed by atoms with E-state index in [0.717, 1.165) is 12.5 Å². The zero-order chi connectivity index (χ0) is 11.9. The van der Waals surface area contributed by atoms with Gasteiger partial charge in [-0.2, -0.15) is 0 Å². The van der Waals surface area contributed by atoms with Gasteiger partial charge in [-0.05, 0) is 44.0 Å². The summed E-state index contributed by atoms with van der Waals surface area (Å²) in [5.74, 6) is 0.866. The van der Waals surface area contributed by atoms with Crippen LogP contribution in [0.15, 0.2) is 30.3 Å². The van der Waals surface area contributed by atoms with Crippen LogP contribution in [-0.4, -0.2) is 37.6 Å². The molecular formula is C15H24N2. The lowest BCUT2D eigenvalue weighted by atomic mass is 10.1. The zero-order valence-corrected chi connectivity index (χ0v) is 10.9. The van der Waals surface area contributed by atoms with E-state index in [2.05, 4.69) is 47.5 Å². The van der Waals surface area contributed by atoms with E-state index in [4.69, 9.17) is 0 Å². The van der Waals surface area contributed by atoms with Crippen molar-refractivity contribution in [2.45, 2.75) is 19.8 Å².